The van der Waals surface area contributed by atoms with Crippen molar-refractivity contribution in [3.63, 3.8) is 0 Å². The highest BCUT2D eigenvalue weighted by molar-refractivity contribution is 4.81. The lowest BCUT2D eigenvalue weighted by Crippen LogP contribution is -2.45. The van der Waals surface area contributed by atoms with Crippen molar-refractivity contribution < 1.29 is 5.11 Å². The highest BCUT2D eigenvalue weighted by Crippen LogP contribution is 2.22. The average Bonchev–Trinajstić information content (AvgIpc) is 2.21. The standard InChI is InChI=1S/C14H29NO/c1-4-15(11-12(2)3)13-9-7-5-6-8-10-14(13)16/h12-14,16H,4-11H2,1-3H3. The maximum atomic E-state index is 10.2. The summed E-state index contributed by atoms with van der Waals surface area (Å²) in [6.45, 7) is 8.93. The maximum absolute atomic E-state index is 10.2. The minimum absolute atomic E-state index is 0.0981. The molecule has 0 aromatic rings. The zero-order valence-electron chi connectivity index (χ0n) is 11.3. The van der Waals surface area contributed by atoms with Crippen LogP contribution in [0.1, 0.15) is 59.3 Å². The molecule has 2 unspecified atom stereocenters. The quantitative estimate of drug-likeness (QED) is 0.798. The van der Waals surface area contributed by atoms with Crippen LogP contribution < -0.4 is 0 Å². The fraction of sp³-hybridized carbons (Fsp3) is 1.00. The molecule has 0 aromatic carbocycles. The van der Waals surface area contributed by atoms with Crippen molar-refractivity contribution in [3.05, 3.63) is 0 Å². The molecular formula is C14H29NO. The lowest BCUT2D eigenvalue weighted by Gasteiger charge is -2.36. The van der Waals surface area contributed by atoms with Crippen molar-refractivity contribution in [2.75, 3.05) is 13.1 Å². The molecule has 2 nitrogen and oxygen atoms in total. The number of hydrogen-bond acceptors (Lipinski definition) is 2. The second-order valence-corrected chi connectivity index (χ2v) is 5.61. The number of aliphatic hydroxyl groups excluding tert-OH is 1. The SMILES string of the molecule is CCN(CC(C)C)C1CCCCCCC1O. The van der Waals surface area contributed by atoms with E-state index < -0.39 is 0 Å². The van der Waals surface area contributed by atoms with Crippen LogP contribution in [-0.2, 0) is 0 Å². The van der Waals surface area contributed by atoms with E-state index in [4.69, 9.17) is 0 Å². The Bertz CT molecular complexity index is 182. The molecule has 96 valence electrons. The number of nitrogens with zero attached hydrogens (tertiary/aromatic N) is 1. The van der Waals surface area contributed by atoms with Crippen LogP contribution in [0.15, 0.2) is 0 Å². The highest BCUT2D eigenvalue weighted by Gasteiger charge is 2.25. The van der Waals surface area contributed by atoms with E-state index in [2.05, 4.69) is 25.7 Å². The van der Waals surface area contributed by atoms with Gasteiger partial charge in [0.1, 0.15) is 0 Å². The number of hydrogen-bond donors (Lipinski definition) is 1. The van der Waals surface area contributed by atoms with Gasteiger partial charge in [0.05, 0.1) is 6.10 Å². The molecular weight excluding hydrogens is 198 g/mol. The Balaban J connectivity index is 2.55. The van der Waals surface area contributed by atoms with Gasteiger partial charge in [0, 0.05) is 12.6 Å². The molecule has 0 heterocycles. The highest BCUT2D eigenvalue weighted by atomic mass is 16.3. The van der Waals surface area contributed by atoms with Crippen LogP contribution in [0.2, 0.25) is 0 Å². The van der Waals surface area contributed by atoms with E-state index in [-0.39, 0.29) is 6.10 Å². The van der Waals surface area contributed by atoms with E-state index in [0.717, 1.165) is 19.5 Å². The van der Waals surface area contributed by atoms with E-state index in [1.807, 2.05) is 0 Å². The molecule has 16 heavy (non-hydrogen) atoms. The van der Waals surface area contributed by atoms with Crippen LogP contribution in [0.5, 0.6) is 0 Å². The first-order valence-corrected chi connectivity index (χ1v) is 7.07. The predicted octanol–water partition coefficient (Wildman–Crippen LogP) is 3.05. The molecule has 0 bridgehead atoms. The van der Waals surface area contributed by atoms with Crippen LogP contribution in [0, 0.1) is 5.92 Å². The first-order valence-electron chi connectivity index (χ1n) is 7.07. The molecule has 1 rings (SSSR count). The Kier molecular flexibility index (Phi) is 6.37. The van der Waals surface area contributed by atoms with Gasteiger partial charge >= 0.3 is 0 Å². The predicted molar refractivity (Wildman–Crippen MR) is 69.6 cm³/mol. The molecule has 2 atom stereocenters. The van der Waals surface area contributed by atoms with Crippen LogP contribution >= 0.6 is 0 Å². The first-order chi connectivity index (χ1) is 7.65. The van der Waals surface area contributed by atoms with Gasteiger partial charge in [0.25, 0.3) is 0 Å². The van der Waals surface area contributed by atoms with Gasteiger partial charge in [-0.3, -0.25) is 4.90 Å². The maximum Gasteiger partial charge on any atom is 0.0695 e. The van der Waals surface area contributed by atoms with E-state index in [1.54, 1.807) is 0 Å². The Hall–Kier alpha value is -0.0800. The molecule has 1 aliphatic carbocycles. The van der Waals surface area contributed by atoms with Crippen molar-refractivity contribution in [2.45, 2.75) is 71.4 Å². The summed E-state index contributed by atoms with van der Waals surface area (Å²) in [5.41, 5.74) is 0. The molecule has 0 aliphatic heterocycles. The summed E-state index contributed by atoms with van der Waals surface area (Å²) in [5.74, 6) is 0.692. The van der Waals surface area contributed by atoms with Gasteiger partial charge in [0.15, 0.2) is 0 Å². The van der Waals surface area contributed by atoms with Crippen molar-refractivity contribution in [1.29, 1.82) is 0 Å². The summed E-state index contributed by atoms with van der Waals surface area (Å²) in [7, 11) is 0. The van der Waals surface area contributed by atoms with Gasteiger partial charge in [-0.05, 0) is 25.3 Å². The molecule has 0 saturated heterocycles. The van der Waals surface area contributed by atoms with Crippen molar-refractivity contribution in [2.24, 2.45) is 5.92 Å². The van der Waals surface area contributed by atoms with Gasteiger partial charge in [-0.25, -0.2) is 0 Å². The molecule has 0 radical (unpaired) electrons. The van der Waals surface area contributed by atoms with Gasteiger partial charge in [-0.2, -0.15) is 0 Å². The summed E-state index contributed by atoms with van der Waals surface area (Å²) in [6.07, 6.45) is 7.23. The zero-order valence-corrected chi connectivity index (χ0v) is 11.3. The Morgan fingerprint density at radius 3 is 2.31 bits per heavy atom. The van der Waals surface area contributed by atoms with E-state index >= 15 is 0 Å². The average molecular weight is 227 g/mol. The number of likely N-dealkylation sites (N-methyl/N-ethyl adjacent to an activating group) is 1. The number of aliphatic hydroxyl groups is 1. The van der Waals surface area contributed by atoms with Gasteiger partial charge in [-0.15, -0.1) is 0 Å². The lowest BCUT2D eigenvalue weighted by atomic mass is 9.92. The molecule has 1 N–H and O–H groups in total. The van der Waals surface area contributed by atoms with Gasteiger partial charge in [-0.1, -0.05) is 46.5 Å². The normalized spacial score (nSPS) is 28.1. The van der Waals surface area contributed by atoms with Crippen molar-refractivity contribution in [1.82, 2.24) is 4.90 Å². The van der Waals surface area contributed by atoms with Gasteiger partial charge in [0.2, 0.25) is 0 Å². The van der Waals surface area contributed by atoms with Crippen LogP contribution in [-0.4, -0.2) is 35.2 Å². The molecule has 0 spiro atoms. The molecule has 1 aliphatic rings. The summed E-state index contributed by atoms with van der Waals surface area (Å²) >= 11 is 0. The first kappa shape index (κ1) is 14.0. The molecule has 0 amide bonds. The monoisotopic (exact) mass is 227 g/mol. The number of rotatable bonds is 4. The summed E-state index contributed by atoms with van der Waals surface area (Å²) in [4.78, 5) is 2.49. The smallest absolute Gasteiger partial charge is 0.0695 e. The van der Waals surface area contributed by atoms with E-state index in [9.17, 15) is 5.11 Å². The second-order valence-electron chi connectivity index (χ2n) is 5.61. The summed E-state index contributed by atoms with van der Waals surface area (Å²) in [5, 5.41) is 10.2. The third-order valence-electron chi connectivity index (χ3n) is 3.67. The lowest BCUT2D eigenvalue weighted by molar-refractivity contribution is 0.0283. The molecule has 1 saturated carbocycles. The van der Waals surface area contributed by atoms with E-state index in [0.29, 0.717) is 12.0 Å². The largest absolute Gasteiger partial charge is 0.391 e. The molecule has 0 aromatic heterocycles. The van der Waals surface area contributed by atoms with Crippen molar-refractivity contribution in [3.8, 4) is 0 Å². The van der Waals surface area contributed by atoms with Gasteiger partial charge < -0.3 is 5.11 Å². The third kappa shape index (κ3) is 4.42. The van der Waals surface area contributed by atoms with Crippen LogP contribution in [0.25, 0.3) is 0 Å². The van der Waals surface area contributed by atoms with E-state index in [1.165, 1.54) is 32.1 Å². The Labute approximate surface area is 101 Å². The topological polar surface area (TPSA) is 23.5 Å². The summed E-state index contributed by atoms with van der Waals surface area (Å²) in [6, 6.07) is 0.410. The van der Waals surface area contributed by atoms with Crippen molar-refractivity contribution >= 4 is 0 Å². The zero-order chi connectivity index (χ0) is 12.0. The Morgan fingerprint density at radius 1 is 1.12 bits per heavy atom. The minimum atomic E-state index is -0.0981. The molecule has 2 heteroatoms. The fourth-order valence-electron chi connectivity index (χ4n) is 2.84. The molecule has 1 fully saturated rings. The van der Waals surface area contributed by atoms with Crippen LogP contribution in [0.4, 0.5) is 0 Å². The Morgan fingerprint density at radius 2 is 1.75 bits per heavy atom. The fourth-order valence-corrected chi connectivity index (χ4v) is 2.84. The summed E-state index contributed by atoms with van der Waals surface area (Å²) < 4.78 is 0. The third-order valence-corrected chi connectivity index (χ3v) is 3.67. The minimum Gasteiger partial charge on any atom is -0.391 e. The second kappa shape index (κ2) is 7.29. The van der Waals surface area contributed by atoms with Crippen LogP contribution in [0.3, 0.4) is 0 Å².